The van der Waals surface area contributed by atoms with Gasteiger partial charge >= 0.3 is 5.97 Å². The van der Waals surface area contributed by atoms with Gasteiger partial charge in [0.05, 0.1) is 5.75 Å². The predicted octanol–water partition coefficient (Wildman–Crippen LogP) is 1.78. The van der Waals surface area contributed by atoms with Gasteiger partial charge in [0.1, 0.15) is 0 Å². The fourth-order valence-corrected chi connectivity index (χ4v) is 4.23. The van der Waals surface area contributed by atoms with E-state index in [0.29, 0.717) is 12.1 Å². The zero-order chi connectivity index (χ0) is 13.7. The molecule has 1 aliphatic heterocycles. The number of carboxylic acid groups (broad SMARTS) is 1. The Morgan fingerprint density at radius 2 is 2.05 bits per heavy atom. The smallest absolute Gasteiger partial charge is 0.313 e. The quantitative estimate of drug-likeness (QED) is 0.835. The zero-order valence-electron chi connectivity index (χ0n) is 11.2. The van der Waals surface area contributed by atoms with Gasteiger partial charge in [-0.2, -0.15) is 0 Å². The Morgan fingerprint density at radius 3 is 2.65 bits per heavy atom. The first-order chi connectivity index (χ1) is 9.72. The molecule has 0 aromatic carbocycles. The van der Waals surface area contributed by atoms with Gasteiger partial charge in [-0.15, -0.1) is 10.2 Å². The summed E-state index contributed by atoms with van der Waals surface area (Å²) in [6, 6.07) is 1.11. The first-order valence-electron chi connectivity index (χ1n) is 7.28. The van der Waals surface area contributed by atoms with E-state index in [-0.39, 0.29) is 5.75 Å². The molecular formula is C13H18N4O2S. The van der Waals surface area contributed by atoms with Crippen LogP contribution in [0.25, 0.3) is 0 Å². The molecule has 1 aromatic heterocycles. The van der Waals surface area contributed by atoms with Crippen molar-refractivity contribution in [3.05, 3.63) is 0 Å². The fraction of sp³-hybridized carbons (Fsp3) is 0.769. The number of fused-ring (bicyclic) bond motifs is 2. The van der Waals surface area contributed by atoms with E-state index in [1.54, 1.807) is 0 Å². The normalized spacial score (nSPS) is 28.3. The van der Waals surface area contributed by atoms with Gasteiger partial charge in [-0.1, -0.05) is 11.8 Å². The molecule has 2 saturated carbocycles. The highest BCUT2D eigenvalue weighted by Crippen LogP contribution is 2.45. The van der Waals surface area contributed by atoms with Crippen molar-refractivity contribution >= 4 is 23.7 Å². The minimum atomic E-state index is -0.804. The molecule has 3 aliphatic rings. The van der Waals surface area contributed by atoms with Crippen LogP contribution in [0.1, 0.15) is 38.1 Å². The summed E-state index contributed by atoms with van der Waals surface area (Å²) in [5.74, 6) is 1.05. The first kappa shape index (κ1) is 12.5. The first-order valence-corrected chi connectivity index (χ1v) is 8.27. The number of hydrogen-bond donors (Lipinski definition) is 1. The van der Waals surface area contributed by atoms with Gasteiger partial charge in [-0.25, -0.2) is 0 Å². The Bertz CT molecular complexity index is 542. The topological polar surface area (TPSA) is 71.2 Å². The molecular weight excluding hydrogens is 276 g/mol. The van der Waals surface area contributed by atoms with E-state index in [9.17, 15) is 4.79 Å². The molecule has 2 unspecified atom stereocenters. The number of carboxylic acids is 1. The Labute approximate surface area is 121 Å². The van der Waals surface area contributed by atoms with Crippen molar-refractivity contribution in [3.63, 3.8) is 0 Å². The predicted molar refractivity (Wildman–Crippen MR) is 75.1 cm³/mol. The van der Waals surface area contributed by atoms with Crippen LogP contribution < -0.4 is 4.90 Å². The van der Waals surface area contributed by atoms with E-state index in [2.05, 4.69) is 19.7 Å². The number of anilines is 1. The maximum atomic E-state index is 10.7. The molecule has 6 nitrogen and oxygen atoms in total. The molecule has 0 amide bonds. The highest BCUT2D eigenvalue weighted by atomic mass is 32.2. The van der Waals surface area contributed by atoms with Crippen molar-refractivity contribution < 1.29 is 9.90 Å². The number of aliphatic carboxylic acids is 1. The highest BCUT2D eigenvalue weighted by Gasteiger charge is 2.42. The average molecular weight is 294 g/mol. The summed E-state index contributed by atoms with van der Waals surface area (Å²) in [4.78, 5) is 13.2. The summed E-state index contributed by atoms with van der Waals surface area (Å²) in [5.41, 5.74) is 0. The molecule has 2 heterocycles. The number of piperidine rings is 1. The van der Waals surface area contributed by atoms with Crippen LogP contribution in [0.15, 0.2) is 5.16 Å². The van der Waals surface area contributed by atoms with Crippen LogP contribution in [0.4, 0.5) is 5.95 Å². The van der Waals surface area contributed by atoms with E-state index in [1.165, 1.54) is 31.0 Å². The standard InChI is InChI=1S/C13H18N4O2S/c18-11(19)7-20-13-15-14-12(17(13)9-3-4-9)16-6-8-1-2-10(16)5-8/h8-10H,1-7H2,(H,18,19). The van der Waals surface area contributed by atoms with Crippen LogP contribution in [-0.4, -0.2) is 44.2 Å². The van der Waals surface area contributed by atoms with E-state index in [4.69, 9.17) is 5.11 Å². The van der Waals surface area contributed by atoms with Gasteiger partial charge in [0.2, 0.25) is 5.95 Å². The SMILES string of the molecule is O=C(O)CSc1nnc(N2CC3CCC2C3)n1C1CC1. The third-order valence-corrected chi connectivity index (χ3v) is 5.48. The minimum absolute atomic E-state index is 0.0525. The summed E-state index contributed by atoms with van der Waals surface area (Å²) in [6.45, 7) is 1.10. The van der Waals surface area contributed by atoms with Gasteiger partial charge in [-0.3, -0.25) is 9.36 Å². The van der Waals surface area contributed by atoms with Crippen LogP contribution in [0.2, 0.25) is 0 Å². The monoisotopic (exact) mass is 294 g/mol. The maximum Gasteiger partial charge on any atom is 0.313 e. The van der Waals surface area contributed by atoms with E-state index >= 15 is 0 Å². The summed E-state index contributed by atoms with van der Waals surface area (Å²) >= 11 is 1.29. The number of carbonyl (C=O) groups is 1. The van der Waals surface area contributed by atoms with Gasteiger partial charge in [0, 0.05) is 18.6 Å². The van der Waals surface area contributed by atoms with E-state index in [1.807, 2.05) is 0 Å². The fourth-order valence-electron chi connectivity index (χ4n) is 3.51. The highest BCUT2D eigenvalue weighted by molar-refractivity contribution is 7.99. The van der Waals surface area contributed by atoms with Crippen molar-refractivity contribution in [1.82, 2.24) is 14.8 Å². The van der Waals surface area contributed by atoms with E-state index < -0.39 is 5.97 Å². The van der Waals surface area contributed by atoms with Crippen molar-refractivity contribution in [1.29, 1.82) is 0 Å². The lowest BCUT2D eigenvalue weighted by Gasteiger charge is -2.28. The van der Waals surface area contributed by atoms with Gasteiger partial charge in [0.25, 0.3) is 0 Å². The summed E-state index contributed by atoms with van der Waals surface area (Å²) < 4.78 is 2.19. The van der Waals surface area contributed by atoms with Crippen molar-refractivity contribution in [2.24, 2.45) is 5.92 Å². The third kappa shape index (κ3) is 2.08. The Balaban J connectivity index is 1.61. The maximum absolute atomic E-state index is 10.7. The van der Waals surface area contributed by atoms with Crippen LogP contribution >= 0.6 is 11.8 Å². The molecule has 1 N–H and O–H groups in total. The Hall–Kier alpha value is -1.24. The number of hydrogen-bond acceptors (Lipinski definition) is 5. The van der Waals surface area contributed by atoms with Crippen molar-refractivity contribution in [3.8, 4) is 0 Å². The second-order valence-electron chi connectivity index (χ2n) is 6.05. The lowest BCUT2D eigenvalue weighted by molar-refractivity contribution is -0.133. The molecule has 7 heteroatoms. The third-order valence-electron chi connectivity index (χ3n) is 4.55. The van der Waals surface area contributed by atoms with Crippen molar-refractivity contribution in [2.75, 3.05) is 17.2 Å². The summed E-state index contributed by atoms with van der Waals surface area (Å²) in [7, 11) is 0. The van der Waals surface area contributed by atoms with Crippen LogP contribution in [0.3, 0.4) is 0 Å². The molecule has 2 atom stereocenters. The number of rotatable bonds is 5. The second kappa shape index (κ2) is 4.65. The van der Waals surface area contributed by atoms with E-state index in [0.717, 1.165) is 36.4 Å². The molecule has 0 spiro atoms. The molecule has 4 rings (SSSR count). The van der Waals surface area contributed by atoms with Gasteiger partial charge < -0.3 is 10.0 Å². The minimum Gasteiger partial charge on any atom is -0.481 e. The molecule has 2 bridgehead atoms. The Morgan fingerprint density at radius 1 is 1.25 bits per heavy atom. The molecule has 20 heavy (non-hydrogen) atoms. The zero-order valence-corrected chi connectivity index (χ0v) is 12.1. The molecule has 3 fully saturated rings. The van der Waals surface area contributed by atoms with Crippen LogP contribution in [0, 0.1) is 5.92 Å². The lowest BCUT2D eigenvalue weighted by atomic mass is 10.1. The number of thioether (sulfide) groups is 1. The van der Waals surface area contributed by atoms with Gasteiger partial charge in [-0.05, 0) is 38.0 Å². The Kier molecular flexibility index (Phi) is 2.90. The number of aromatic nitrogens is 3. The lowest BCUT2D eigenvalue weighted by Crippen LogP contribution is -2.34. The molecule has 2 aliphatic carbocycles. The number of nitrogens with zero attached hydrogens (tertiary/aromatic N) is 4. The molecule has 0 radical (unpaired) electrons. The molecule has 108 valence electrons. The van der Waals surface area contributed by atoms with Gasteiger partial charge in [0.15, 0.2) is 5.16 Å². The van der Waals surface area contributed by atoms with Crippen LogP contribution in [0.5, 0.6) is 0 Å². The molecule has 1 aromatic rings. The van der Waals surface area contributed by atoms with Crippen LogP contribution in [-0.2, 0) is 4.79 Å². The average Bonchev–Trinajstić information content (AvgIpc) is 2.89. The second-order valence-corrected chi connectivity index (χ2v) is 6.99. The summed E-state index contributed by atoms with van der Waals surface area (Å²) in [5, 5.41) is 18.2. The summed E-state index contributed by atoms with van der Waals surface area (Å²) in [6.07, 6.45) is 6.22. The molecule has 1 saturated heterocycles. The largest absolute Gasteiger partial charge is 0.481 e. The van der Waals surface area contributed by atoms with Crippen molar-refractivity contribution in [2.45, 2.75) is 49.3 Å².